The quantitative estimate of drug-likeness (QED) is 0.758. The number of hydrogen-bond acceptors (Lipinski definition) is 3. The number of pyridine rings is 1. The lowest BCUT2D eigenvalue weighted by Crippen LogP contribution is -2.31. The molecule has 2 heterocycles. The number of aromatic nitrogens is 1. The molecule has 2 aromatic rings. The lowest BCUT2D eigenvalue weighted by molar-refractivity contribution is -0.130. The highest BCUT2D eigenvalue weighted by molar-refractivity contribution is 7.07. The molecule has 0 N–H and O–H groups in total. The van der Waals surface area contributed by atoms with Crippen LogP contribution >= 0.6 is 11.3 Å². The van der Waals surface area contributed by atoms with E-state index in [4.69, 9.17) is 0 Å². The fraction of sp³-hybridized carbons (Fsp3) is 0.200. The normalized spacial score (nSPS) is 10.1. The molecule has 0 bridgehead atoms. The van der Waals surface area contributed by atoms with E-state index >= 15 is 0 Å². The first-order valence-corrected chi connectivity index (χ1v) is 7.02. The fourth-order valence-corrected chi connectivity index (χ4v) is 2.46. The minimum atomic E-state index is 0.0964. The molecule has 0 aliphatic carbocycles. The van der Waals surface area contributed by atoms with Crippen LogP contribution in [-0.4, -0.2) is 22.3 Å². The Morgan fingerprint density at radius 3 is 2.95 bits per heavy atom. The van der Waals surface area contributed by atoms with E-state index in [9.17, 15) is 4.79 Å². The molecular formula is C15H16N2OS. The third kappa shape index (κ3) is 4.03. The molecule has 0 aliphatic heterocycles. The predicted octanol–water partition coefficient (Wildman–Crippen LogP) is 2.90. The Labute approximate surface area is 117 Å². The van der Waals surface area contributed by atoms with Crippen molar-refractivity contribution >= 4 is 17.2 Å². The molecule has 0 aromatic carbocycles. The van der Waals surface area contributed by atoms with E-state index in [0.717, 1.165) is 11.1 Å². The summed E-state index contributed by atoms with van der Waals surface area (Å²) in [5.74, 6) is 0.0964. The van der Waals surface area contributed by atoms with Crippen LogP contribution in [0.2, 0.25) is 0 Å². The highest BCUT2D eigenvalue weighted by Crippen LogP contribution is 2.11. The molecule has 3 nitrogen and oxygen atoms in total. The maximum Gasteiger partial charge on any atom is 0.227 e. The molecule has 2 rings (SSSR count). The molecule has 0 saturated carbocycles. The van der Waals surface area contributed by atoms with Crippen LogP contribution in [-0.2, 0) is 17.8 Å². The van der Waals surface area contributed by atoms with Gasteiger partial charge < -0.3 is 4.90 Å². The Kier molecular flexibility index (Phi) is 4.86. The van der Waals surface area contributed by atoms with E-state index in [0.29, 0.717) is 19.5 Å². The highest BCUT2D eigenvalue weighted by atomic mass is 32.1. The van der Waals surface area contributed by atoms with E-state index in [1.807, 2.05) is 28.5 Å². The van der Waals surface area contributed by atoms with Crippen LogP contribution in [0.1, 0.15) is 11.1 Å². The average Bonchev–Trinajstić information content (AvgIpc) is 2.92. The Morgan fingerprint density at radius 2 is 2.32 bits per heavy atom. The van der Waals surface area contributed by atoms with Crippen molar-refractivity contribution in [2.45, 2.75) is 13.0 Å². The molecule has 1 amide bonds. The number of hydrogen-bond donors (Lipinski definition) is 0. The average molecular weight is 272 g/mol. The van der Waals surface area contributed by atoms with Gasteiger partial charge in [0, 0.05) is 25.5 Å². The number of carbonyl (C=O) groups is 1. The van der Waals surface area contributed by atoms with E-state index in [1.54, 1.807) is 29.8 Å². The zero-order valence-corrected chi connectivity index (χ0v) is 11.5. The van der Waals surface area contributed by atoms with Crippen molar-refractivity contribution in [3.63, 3.8) is 0 Å². The van der Waals surface area contributed by atoms with Crippen molar-refractivity contribution < 1.29 is 4.79 Å². The van der Waals surface area contributed by atoms with Crippen molar-refractivity contribution in [2.75, 3.05) is 6.54 Å². The summed E-state index contributed by atoms with van der Waals surface area (Å²) in [7, 11) is 0. The largest absolute Gasteiger partial charge is 0.334 e. The summed E-state index contributed by atoms with van der Waals surface area (Å²) >= 11 is 1.64. The maximum absolute atomic E-state index is 12.3. The number of amides is 1. The van der Waals surface area contributed by atoms with Crippen LogP contribution < -0.4 is 0 Å². The summed E-state index contributed by atoms with van der Waals surface area (Å²) in [6.07, 6.45) is 5.58. The third-order valence-corrected chi connectivity index (χ3v) is 3.47. The van der Waals surface area contributed by atoms with Gasteiger partial charge in [0.2, 0.25) is 5.91 Å². The standard InChI is InChI=1S/C15H16N2OS/c1-2-7-17(11-14-5-8-19-12-14)15(18)9-13-4-3-6-16-10-13/h2-6,8,10,12H,1,7,9,11H2. The number of rotatable bonds is 6. The molecule has 0 aliphatic rings. The first-order valence-electron chi connectivity index (χ1n) is 6.08. The summed E-state index contributed by atoms with van der Waals surface area (Å²) in [4.78, 5) is 18.1. The molecule has 0 fully saturated rings. The second kappa shape index (κ2) is 6.85. The smallest absolute Gasteiger partial charge is 0.227 e. The Bertz CT molecular complexity index is 522. The van der Waals surface area contributed by atoms with Crippen LogP contribution in [0.15, 0.2) is 54.0 Å². The minimum Gasteiger partial charge on any atom is -0.334 e. The number of thiophene rings is 1. The lowest BCUT2D eigenvalue weighted by Gasteiger charge is -2.20. The van der Waals surface area contributed by atoms with E-state index in [1.165, 1.54) is 0 Å². The molecule has 0 atom stereocenters. The van der Waals surface area contributed by atoms with Crippen molar-refractivity contribution in [3.05, 3.63) is 65.1 Å². The fourth-order valence-electron chi connectivity index (χ4n) is 1.80. The van der Waals surface area contributed by atoms with Crippen LogP contribution in [0.4, 0.5) is 0 Å². The summed E-state index contributed by atoms with van der Waals surface area (Å²) < 4.78 is 0. The Hall–Kier alpha value is -1.94. The Balaban J connectivity index is 2.02. The van der Waals surface area contributed by atoms with E-state index in [-0.39, 0.29) is 5.91 Å². The molecule has 0 radical (unpaired) electrons. The van der Waals surface area contributed by atoms with Crippen LogP contribution in [0, 0.1) is 0 Å². The van der Waals surface area contributed by atoms with Gasteiger partial charge in [0.25, 0.3) is 0 Å². The molecular weight excluding hydrogens is 256 g/mol. The zero-order chi connectivity index (χ0) is 13.5. The molecule has 0 unspecified atom stereocenters. The topological polar surface area (TPSA) is 33.2 Å². The molecule has 2 aromatic heterocycles. The van der Waals surface area contributed by atoms with E-state index in [2.05, 4.69) is 16.9 Å². The molecule has 98 valence electrons. The van der Waals surface area contributed by atoms with Gasteiger partial charge in [-0.25, -0.2) is 0 Å². The minimum absolute atomic E-state index is 0.0964. The molecule has 0 saturated heterocycles. The highest BCUT2D eigenvalue weighted by Gasteiger charge is 2.13. The summed E-state index contributed by atoms with van der Waals surface area (Å²) in [6, 6.07) is 5.80. The van der Waals surface area contributed by atoms with Gasteiger partial charge in [-0.2, -0.15) is 11.3 Å². The Morgan fingerprint density at radius 1 is 1.42 bits per heavy atom. The van der Waals surface area contributed by atoms with Gasteiger partial charge in [0.05, 0.1) is 6.42 Å². The predicted molar refractivity (Wildman–Crippen MR) is 77.9 cm³/mol. The molecule has 19 heavy (non-hydrogen) atoms. The number of carbonyl (C=O) groups excluding carboxylic acids is 1. The van der Waals surface area contributed by atoms with Gasteiger partial charge in [0.15, 0.2) is 0 Å². The summed E-state index contributed by atoms with van der Waals surface area (Å²) in [6.45, 7) is 4.91. The lowest BCUT2D eigenvalue weighted by atomic mass is 10.2. The first kappa shape index (κ1) is 13.5. The van der Waals surface area contributed by atoms with Crippen molar-refractivity contribution in [1.29, 1.82) is 0 Å². The second-order valence-corrected chi connectivity index (χ2v) is 5.01. The van der Waals surface area contributed by atoms with E-state index < -0.39 is 0 Å². The number of nitrogens with zero attached hydrogens (tertiary/aromatic N) is 2. The third-order valence-electron chi connectivity index (χ3n) is 2.73. The SMILES string of the molecule is C=CCN(Cc1ccsc1)C(=O)Cc1cccnc1. The molecule has 0 spiro atoms. The van der Waals surface area contributed by atoms with Crippen molar-refractivity contribution in [3.8, 4) is 0 Å². The van der Waals surface area contributed by atoms with Crippen molar-refractivity contribution in [1.82, 2.24) is 9.88 Å². The second-order valence-electron chi connectivity index (χ2n) is 4.23. The van der Waals surface area contributed by atoms with Gasteiger partial charge >= 0.3 is 0 Å². The van der Waals surface area contributed by atoms with Crippen molar-refractivity contribution in [2.24, 2.45) is 0 Å². The first-order chi connectivity index (χ1) is 9.29. The van der Waals surface area contributed by atoms with Gasteiger partial charge in [-0.1, -0.05) is 12.1 Å². The van der Waals surface area contributed by atoms with Gasteiger partial charge in [0.1, 0.15) is 0 Å². The van der Waals surface area contributed by atoms with Crippen LogP contribution in [0.25, 0.3) is 0 Å². The maximum atomic E-state index is 12.3. The summed E-state index contributed by atoms with van der Waals surface area (Å²) in [5, 5.41) is 4.08. The van der Waals surface area contributed by atoms with Gasteiger partial charge in [-0.15, -0.1) is 6.58 Å². The van der Waals surface area contributed by atoms with Gasteiger partial charge in [-0.05, 0) is 34.0 Å². The zero-order valence-electron chi connectivity index (χ0n) is 10.7. The monoisotopic (exact) mass is 272 g/mol. The molecule has 4 heteroatoms. The van der Waals surface area contributed by atoms with Gasteiger partial charge in [-0.3, -0.25) is 9.78 Å². The van der Waals surface area contributed by atoms with Crippen LogP contribution in [0.5, 0.6) is 0 Å². The summed E-state index contributed by atoms with van der Waals surface area (Å²) in [5.41, 5.74) is 2.10. The van der Waals surface area contributed by atoms with Crippen LogP contribution in [0.3, 0.4) is 0 Å².